The minimum absolute atomic E-state index is 0.0101. The summed E-state index contributed by atoms with van der Waals surface area (Å²) < 4.78 is 5.07. The van der Waals surface area contributed by atoms with E-state index < -0.39 is 5.97 Å². The maximum atomic E-state index is 12.3. The van der Waals surface area contributed by atoms with Crippen molar-refractivity contribution in [3.63, 3.8) is 0 Å². The number of hydrogen-bond acceptors (Lipinski definition) is 5. The zero-order chi connectivity index (χ0) is 20.4. The van der Waals surface area contributed by atoms with Crippen LogP contribution < -0.4 is 5.32 Å². The molecule has 0 aliphatic heterocycles. The van der Waals surface area contributed by atoms with Crippen molar-refractivity contribution < 1.29 is 19.1 Å². The molecule has 6 nitrogen and oxygen atoms in total. The summed E-state index contributed by atoms with van der Waals surface area (Å²) in [6.45, 7) is 2.19. The topological polar surface area (TPSA) is 75.7 Å². The van der Waals surface area contributed by atoms with Gasteiger partial charge in [-0.2, -0.15) is 0 Å². The summed E-state index contributed by atoms with van der Waals surface area (Å²) in [5.74, 6) is -0.825. The van der Waals surface area contributed by atoms with E-state index in [1.165, 1.54) is 0 Å². The lowest BCUT2D eigenvalue weighted by atomic mass is 10.0. The molecule has 0 heterocycles. The van der Waals surface area contributed by atoms with Crippen LogP contribution in [0.2, 0.25) is 5.02 Å². The molecular weight excluding hydrogens is 400 g/mol. The Morgan fingerprint density at radius 2 is 1.93 bits per heavy atom. The van der Waals surface area contributed by atoms with Crippen LogP contribution in [-0.2, 0) is 19.1 Å². The van der Waals surface area contributed by atoms with Crippen molar-refractivity contribution in [3.05, 3.63) is 41.1 Å². The molecule has 1 aliphatic carbocycles. The number of nitrogens with one attached hydrogen (secondary N) is 1. The number of carbonyl (C=O) groups excluding carboxylic acids is 3. The fourth-order valence-electron chi connectivity index (χ4n) is 2.83. The van der Waals surface area contributed by atoms with Crippen molar-refractivity contribution in [2.24, 2.45) is 0 Å². The fourth-order valence-corrected chi connectivity index (χ4v) is 3.56. The second-order valence-corrected chi connectivity index (χ2v) is 7.71. The van der Waals surface area contributed by atoms with Gasteiger partial charge in [-0.3, -0.25) is 14.4 Å². The molecule has 0 bridgehead atoms. The molecule has 0 saturated carbocycles. The largest absolute Gasteiger partial charge is 0.455 e. The van der Waals surface area contributed by atoms with Crippen LogP contribution in [0.5, 0.6) is 0 Å². The zero-order valence-electron chi connectivity index (χ0n) is 15.9. The quantitative estimate of drug-likeness (QED) is 0.609. The molecule has 0 saturated heterocycles. The van der Waals surface area contributed by atoms with Crippen LogP contribution in [0.3, 0.4) is 0 Å². The van der Waals surface area contributed by atoms with E-state index in [0.717, 1.165) is 43.1 Å². The summed E-state index contributed by atoms with van der Waals surface area (Å²) in [5, 5.41) is 3.30. The van der Waals surface area contributed by atoms with Crippen molar-refractivity contribution in [3.8, 4) is 0 Å². The van der Waals surface area contributed by atoms with Gasteiger partial charge in [0.2, 0.25) is 5.91 Å². The number of carbonyl (C=O) groups is 3. The Labute approximate surface area is 174 Å². The predicted molar refractivity (Wildman–Crippen MR) is 112 cm³/mol. The number of thioether (sulfide) groups is 1. The van der Waals surface area contributed by atoms with E-state index in [-0.39, 0.29) is 29.9 Å². The number of hydrogen-bond donors (Lipinski definition) is 1. The molecule has 8 heteroatoms. The standard InChI is InChI=1S/C20H25ClN2O4S/c1-2-23(17-6-4-3-5-7-17)19(25)12-27-20(26)14-28-13-18(24)22-16-10-8-15(21)9-11-16/h6,8-11H,2-5,7,12-14H2,1H3,(H,22,24). The van der Waals surface area contributed by atoms with E-state index in [0.29, 0.717) is 17.3 Å². The molecule has 1 aromatic rings. The number of ether oxygens (including phenoxy) is 1. The molecule has 0 atom stereocenters. The molecule has 1 aliphatic rings. The highest BCUT2D eigenvalue weighted by Crippen LogP contribution is 2.21. The van der Waals surface area contributed by atoms with Crippen molar-refractivity contribution in [2.75, 3.05) is 30.0 Å². The number of esters is 1. The Balaban J connectivity index is 1.66. The molecular formula is C20H25ClN2O4S. The molecule has 0 fully saturated rings. The number of likely N-dealkylation sites (N-methyl/N-ethyl adjacent to an activating group) is 1. The summed E-state index contributed by atoms with van der Waals surface area (Å²) >= 11 is 6.93. The summed E-state index contributed by atoms with van der Waals surface area (Å²) in [4.78, 5) is 37.7. The summed E-state index contributed by atoms with van der Waals surface area (Å²) in [6, 6.07) is 6.77. The lowest BCUT2D eigenvalue weighted by molar-refractivity contribution is -0.149. The smallest absolute Gasteiger partial charge is 0.316 e. The second kappa shape index (κ2) is 11.8. The first-order chi connectivity index (χ1) is 13.5. The first-order valence-corrected chi connectivity index (χ1v) is 10.8. The highest BCUT2D eigenvalue weighted by Gasteiger charge is 2.19. The number of nitrogens with zero attached hydrogens (tertiary/aromatic N) is 1. The monoisotopic (exact) mass is 424 g/mol. The van der Waals surface area contributed by atoms with E-state index in [9.17, 15) is 14.4 Å². The zero-order valence-corrected chi connectivity index (χ0v) is 17.5. The summed E-state index contributed by atoms with van der Waals surface area (Å²) in [7, 11) is 0. The molecule has 1 aromatic carbocycles. The Kier molecular flexibility index (Phi) is 9.37. The summed E-state index contributed by atoms with van der Waals surface area (Å²) in [6.07, 6.45) is 6.17. The third kappa shape index (κ3) is 7.56. The minimum Gasteiger partial charge on any atom is -0.455 e. The van der Waals surface area contributed by atoms with Gasteiger partial charge in [0, 0.05) is 23.0 Å². The molecule has 2 rings (SSSR count). The maximum Gasteiger partial charge on any atom is 0.316 e. The lowest BCUT2D eigenvalue weighted by Gasteiger charge is -2.26. The SMILES string of the molecule is CCN(C(=O)COC(=O)CSCC(=O)Nc1ccc(Cl)cc1)C1=CCCCC1. The van der Waals surface area contributed by atoms with Crippen molar-refractivity contribution in [1.82, 2.24) is 4.90 Å². The van der Waals surface area contributed by atoms with E-state index in [1.807, 2.05) is 6.92 Å². The average molecular weight is 425 g/mol. The van der Waals surface area contributed by atoms with Crippen LogP contribution in [0.4, 0.5) is 5.69 Å². The van der Waals surface area contributed by atoms with Gasteiger partial charge >= 0.3 is 5.97 Å². The van der Waals surface area contributed by atoms with E-state index in [4.69, 9.17) is 16.3 Å². The maximum absolute atomic E-state index is 12.3. The first-order valence-electron chi connectivity index (χ1n) is 9.27. The normalized spacial score (nSPS) is 13.4. The van der Waals surface area contributed by atoms with Crippen molar-refractivity contribution in [2.45, 2.75) is 32.6 Å². The predicted octanol–water partition coefficient (Wildman–Crippen LogP) is 3.86. The van der Waals surface area contributed by atoms with Gasteiger partial charge in [0.1, 0.15) is 0 Å². The van der Waals surface area contributed by atoms with Gasteiger partial charge in [0.15, 0.2) is 6.61 Å². The fraction of sp³-hybridized carbons (Fsp3) is 0.450. The highest BCUT2D eigenvalue weighted by molar-refractivity contribution is 8.00. The minimum atomic E-state index is -0.508. The lowest BCUT2D eigenvalue weighted by Crippen LogP contribution is -2.34. The van der Waals surface area contributed by atoms with E-state index >= 15 is 0 Å². The van der Waals surface area contributed by atoms with Gasteiger partial charge in [0.25, 0.3) is 5.91 Å². The number of allylic oxidation sites excluding steroid dienone is 2. The van der Waals surface area contributed by atoms with Gasteiger partial charge in [-0.15, -0.1) is 11.8 Å². The molecule has 0 aromatic heterocycles. The molecule has 1 N–H and O–H groups in total. The number of rotatable bonds is 9. The second-order valence-electron chi connectivity index (χ2n) is 6.29. The van der Waals surface area contributed by atoms with Gasteiger partial charge < -0.3 is 15.0 Å². The van der Waals surface area contributed by atoms with E-state index in [1.54, 1.807) is 29.2 Å². The molecule has 0 unspecified atom stereocenters. The van der Waals surface area contributed by atoms with Crippen LogP contribution in [0.15, 0.2) is 36.0 Å². The molecule has 2 amide bonds. The van der Waals surface area contributed by atoms with Gasteiger partial charge in [0.05, 0.1) is 11.5 Å². The van der Waals surface area contributed by atoms with Crippen molar-refractivity contribution in [1.29, 1.82) is 0 Å². The van der Waals surface area contributed by atoms with Gasteiger partial charge in [-0.25, -0.2) is 0 Å². The van der Waals surface area contributed by atoms with Crippen LogP contribution in [0.25, 0.3) is 0 Å². The first kappa shape index (κ1) is 22.3. The summed E-state index contributed by atoms with van der Waals surface area (Å²) in [5.41, 5.74) is 1.66. The van der Waals surface area contributed by atoms with E-state index in [2.05, 4.69) is 11.4 Å². The van der Waals surface area contributed by atoms with Crippen LogP contribution in [0, 0.1) is 0 Å². The highest BCUT2D eigenvalue weighted by atomic mass is 35.5. The van der Waals surface area contributed by atoms with Crippen LogP contribution in [-0.4, -0.2) is 47.3 Å². The molecule has 0 radical (unpaired) electrons. The third-order valence-electron chi connectivity index (χ3n) is 4.17. The number of halogens is 1. The average Bonchev–Trinajstić information content (AvgIpc) is 2.69. The van der Waals surface area contributed by atoms with Gasteiger partial charge in [-0.1, -0.05) is 17.7 Å². The van der Waals surface area contributed by atoms with Gasteiger partial charge in [-0.05, 0) is 56.9 Å². The molecule has 152 valence electrons. The molecule has 0 spiro atoms. The number of benzene rings is 1. The number of anilines is 1. The Morgan fingerprint density at radius 1 is 1.18 bits per heavy atom. The van der Waals surface area contributed by atoms with Crippen LogP contribution >= 0.6 is 23.4 Å². The third-order valence-corrected chi connectivity index (χ3v) is 5.33. The number of amides is 2. The molecule has 28 heavy (non-hydrogen) atoms. The Bertz CT molecular complexity index is 721. The Hall–Kier alpha value is -1.99. The Morgan fingerprint density at radius 3 is 2.57 bits per heavy atom. The van der Waals surface area contributed by atoms with Crippen LogP contribution in [0.1, 0.15) is 32.6 Å². The van der Waals surface area contributed by atoms with Crippen molar-refractivity contribution >= 4 is 46.8 Å².